The first-order valence-electron chi connectivity index (χ1n) is 20.0. The van der Waals surface area contributed by atoms with E-state index in [2.05, 4.69) is 44.2 Å². The van der Waals surface area contributed by atoms with Crippen LogP contribution in [0.25, 0.3) is 0 Å². The summed E-state index contributed by atoms with van der Waals surface area (Å²) in [5.74, 6) is -2.49. The van der Waals surface area contributed by atoms with E-state index >= 15 is 4.21 Å². The number of nitrogens with zero attached hydrogens (tertiary/aromatic N) is 5. The first-order valence-corrected chi connectivity index (χ1v) is 21.7. The molecule has 15 heteroatoms. The predicted molar refractivity (Wildman–Crippen MR) is 221 cm³/mol. The number of rotatable bonds is 6. The molecule has 3 aromatic rings. The van der Waals surface area contributed by atoms with E-state index < -0.39 is 45.1 Å². The lowest BCUT2D eigenvalue weighted by Gasteiger charge is -2.46. The van der Waals surface area contributed by atoms with Crippen LogP contribution < -0.4 is 19.1 Å². The van der Waals surface area contributed by atoms with Crippen LogP contribution in [0.2, 0.25) is 0 Å². The third-order valence-electron chi connectivity index (χ3n) is 12.7. The monoisotopic (exact) mass is 816 g/mol. The molecule has 7 atom stereocenters. The number of hydrogen-bond acceptors (Lipinski definition) is 10. The molecule has 0 saturated heterocycles. The van der Waals surface area contributed by atoms with Crippen molar-refractivity contribution in [1.29, 1.82) is 0 Å². The minimum absolute atomic E-state index is 0.00848. The van der Waals surface area contributed by atoms with Crippen LogP contribution in [0, 0.1) is 24.7 Å². The summed E-state index contributed by atoms with van der Waals surface area (Å²) in [6.07, 6.45) is 8.88. The maximum Gasteiger partial charge on any atom is 0.286 e. The van der Waals surface area contributed by atoms with Crippen LogP contribution in [0.15, 0.2) is 59.1 Å². The smallest absolute Gasteiger partial charge is 0.286 e. The molecular weight excluding hydrogens is 761 g/mol. The summed E-state index contributed by atoms with van der Waals surface area (Å²) in [6, 6.07) is 11.9. The standard InChI is InChI=1S/C43H56N6O8S/c1-27-10-14-34-29(19-27)9-8-17-42(34)25-49-22-31-11-13-32(31)36(55-6)16-18-43(53,21-38(50)47(3)4)28(2)24-58(54,46-40(52)33-23-48(5)44-41(33)56-7)45-39(51)30-12-15-37(57-26-42)35(49)20-30/h10,12,14-16,18-20,23,28,31-32,36,53H,8-9,11,13,17,21-22,24-26H2,1-7H3,(H,45,46,51,52,54)/b18-16+/t28-,31+,32-,36+,42+,43?,58?/m1/s1. The van der Waals surface area contributed by atoms with Gasteiger partial charge in [-0.25, -0.2) is 4.21 Å². The number of hydrogen-bond donors (Lipinski definition) is 2. The van der Waals surface area contributed by atoms with Gasteiger partial charge in [0.1, 0.15) is 21.2 Å². The van der Waals surface area contributed by atoms with E-state index in [-0.39, 0.29) is 46.6 Å². The predicted octanol–water partition coefficient (Wildman–Crippen LogP) is 4.62. The topological polar surface area (TPSA) is 165 Å². The highest BCUT2D eigenvalue weighted by atomic mass is 32.2. The molecule has 312 valence electrons. The van der Waals surface area contributed by atoms with Gasteiger partial charge >= 0.3 is 0 Å². The summed E-state index contributed by atoms with van der Waals surface area (Å²) in [5, 5.41) is 16.5. The van der Waals surface area contributed by atoms with Gasteiger partial charge in [-0.2, -0.15) is 0 Å². The third kappa shape index (κ3) is 8.13. The van der Waals surface area contributed by atoms with Gasteiger partial charge in [0.05, 0.1) is 43.3 Å². The van der Waals surface area contributed by atoms with Gasteiger partial charge in [-0.15, -0.1) is 9.46 Å². The number of methoxy groups -OCH3 is 2. The zero-order valence-electron chi connectivity index (χ0n) is 34.5. The number of carbonyl (C=O) groups is 3. The quantitative estimate of drug-likeness (QED) is 0.336. The lowest BCUT2D eigenvalue weighted by molar-refractivity contribution is -0.133. The number of nitrogens with one attached hydrogen (secondary N) is 1. The van der Waals surface area contributed by atoms with Gasteiger partial charge in [0, 0.05) is 64.4 Å². The Hall–Kier alpha value is -4.73. The Labute approximate surface area is 341 Å². The molecule has 4 aliphatic rings. The molecule has 0 radical (unpaired) electrons. The molecule has 14 nitrogen and oxygen atoms in total. The van der Waals surface area contributed by atoms with Crippen LogP contribution in [-0.4, -0.2) is 107 Å². The maximum atomic E-state index is 15.1. The molecule has 7 rings (SSSR count). The van der Waals surface area contributed by atoms with Crippen LogP contribution in [0.5, 0.6) is 11.6 Å². The van der Waals surface area contributed by atoms with Crippen LogP contribution >= 0.6 is 0 Å². The second-order valence-electron chi connectivity index (χ2n) is 16.9. The molecule has 2 aliphatic carbocycles. The molecular formula is C43H56N6O8S. The molecule has 2 unspecified atom stereocenters. The summed E-state index contributed by atoms with van der Waals surface area (Å²) in [5.41, 5.74) is 2.60. The van der Waals surface area contributed by atoms with Crippen molar-refractivity contribution in [3.8, 4) is 11.6 Å². The number of benzene rings is 2. The van der Waals surface area contributed by atoms with E-state index in [9.17, 15) is 19.5 Å². The fourth-order valence-corrected chi connectivity index (χ4v) is 11.1. The fourth-order valence-electron chi connectivity index (χ4n) is 9.15. The number of aryl methyl sites for hydroxylation is 3. The molecule has 1 aromatic heterocycles. The van der Waals surface area contributed by atoms with Gasteiger partial charge in [0.15, 0.2) is 0 Å². The minimum Gasteiger partial charge on any atom is -0.490 e. The van der Waals surface area contributed by atoms with E-state index in [1.165, 1.54) is 39.6 Å². The van der Waals surface area contributed by atoms with Gasteiger partial charge in [-0.1, -0.05) is 42.8 Å². The lowest BCUT2D eigenvalue weighted by Crippen LogP contribution is -2.50. The molecule has 3 heterocycles. The Balaban J connectivity index is 1.36. The van der Waals surface area contributed by atoms with E-state index in [0.717, 1.165) is 37.8 Å². The van der Waals surface area contributed by atoms with Gasteiger partial charge in [0.2, 0.25) is 11.8 Å². The second kappa shape index (κ2) is 16.1. The Morgan fingerprint density at radius 1 is 1.16 bits per heavy atom. The van der Waals surface area contributed by atoms with Crippen LogP contribution in [0.4, 0.5) is 5.69 Å². The number of ether oxygens (including phenoxy) is 3. The van der Waals surface area contributed by atoms with Crippen molar-refractivity contribution in [1.82, 2.24) is 19.4 Å². The second-order valence-corrected chi connectivity index (χ2v) is 18.9. The third-order valence-corrected chi connectivity index (χ3v) is 14.6. The summed E-state index contributed by atoms with van der Waals surface area (Å²) >= 11 is 0. The zero-order chi connectivity index (χ0) is 41.6. The number of fused-ring (bicyclic) bond motifs is 4. The average Bonchev–Trinajstić information content (AvgIpc) is 3.49. The Morgan fingerprint density at radius 3 is 2.66 bits per heavy atom. The normalized spacial score (nSPS) is 30.1. The highest BCUT2D eigenvalue weighted by molar-refractivity contribution is 7.92. The van der Waals surface area contributed by atoms with E-state index in [4.69, 9.17) is 14.2 Å². The van der Waals surface area contributed by atoms with Crippen molar-refractivity contribution >= 4 is 33.3 Å². The molecule has 2 aliphatic heterocycles. The van der Waals surface area contributed by atoms with Crippen molar-refractivity contribution in [3.63, 3.8) is 0 Å². The van der Waals surface area contributed by atoms with Gasteiger partial charge in [0.25, 0.3) is 11.8 Å². The Morgan fingerprint density at radius 2 is 1.95 bits per heavy atom. The first-order chi connectivity index (χ1) is 27.6. The van der Waals surface area contributed by atoms with Gasteiger partial charge < -0.3 is 29.1 Å². The van der Waals surface area contributed by atoms with Gasteiger partial charge in [-0.3, -0.25) is 23.8 Å². The maximum absolute atomic E-state index is 15.1. The number of aliphatic hydroxyl groups is 1. The van der Waals surface area contributed by atoms with Crippen LogP contribution in [0.3, 0.4) is 0 Å². The fraction of sp³-hybridized carbons (Fsp3) is 0.535. The Bertz CT molecular complexity index is 2250. The van der Waals surface area contributed by atoms with Crippen LogP contribution in [-0.2, 0) is 38.3 Å². The number of aromatic nitrogens is 2. The SMILES string of the molecule is COc1nn(C)cc1C(=O)NS1(=O)=NC(=O)c2ccc3c(c2)N(C[C@@H]2CC[C@H]2[C@@H](OC)/C=C/C(O)(CC(=O)N(C)C)[C@H](C)C1)C[C@@]1(CCCc2cc(C)ccc21)CO3. The number of amides is 3. The molecule has 58 heavy (non-hydrogen) atoms. The lowest BCUT2D eigenvalue weighted by atomic mass is 9.68. The molecule has 3 amide bonds. The highest BCUT2D eigenvalue weighted by Gasteiger charge is 2.45. The molecule has 1 saturated carbocycles. The molecule has 1 fully saturated rings. The van der Waals surface area contributed by atoms with E-state index in [1.54, 1.807) is 59.5 Å². The summed E-state index contributed by atoms with van der Waals surface area (Å²) < 4.78 is 41.3. The van der Waals surface area contributed by atoms with Gasteiger partial charge in [-0.05, 0) is 80.2 Å². The molecule has 1 spiro atoms. The van der Waals surface area contributed by atoms with E-state index in [1.807, 2.05) is 6.08 Å². The summed E-state index contributed by atoms with van der Waals surface area (Å²) in [6.45, 7) is 5.53. The molecule has 2 aromatic carbocycles. The summed E-state index contributed by atoms with van der Waals surface area (Å²) in [4.78, 5) is 45.1. The van der Waals surface area contributed by atoms with Crippen molar-refractivity contribution in [2.45, 2.75) is 69.5 Å². The van der Waals surface area contributed by atoms with Crippen LogP contribution in [0.1, 0.15) is 76.4 Å². The highest BCUT2D eigenvalue weighted by Crippen LogP contribution is 2.47. The van der Waals surface area contributed by atoms with E-state index in [0.29, 0.717) is 25.4 Å². The van der Waals surface area contributed by atoms with Crippen molar-refractivity contribution in [2.24, 2.45) is 29.2 Å². The van der Waals surface area contributed by atoms with Crippen molar-refractivity contribution in [3.05, 3.63) is 82.6 Å². The molecule has 2 bridgehead atoms. The summed E-state index contributed by atoms with van der Waals surface area (Å²) in [7, 11) is 3.80. The largest absolute Gasteiger partial charge is 0.490 e. The Kier molecular flexibility index (Phi) is 11.5. The minimum atomic E-state index is -3.99. The number of carbonyl (C=O) groups excluding carboxylic acids is 3. The number of anilines is 1. The van der Waals surface area contributed by atoms with Crippen molar-refractivity contribution < 1.29 is 37.9 Å². The average molecular weight is 817 g/mol. The molecule has 2 N–H and O–H groups in total. The first kappa shape index (κ1) is 41.4. The van der Waals surface area contributed by atoms with Crippen molar-refractivity contribution in [2.75, 3.05) is 58.7 Å². The zero-order valence-corrected chi connectivity index (χ0v) is 35.3.